The first-order valence-corrected chi connectivity index (χ1v) is 6.07. The molecule has 0 spiro atoms. The number of hydrogen-bond donors (Lipinski definition) is 0. The molecule has 0 bridgehead atoms. The van der Waals surface area contributed by atoms with Crippen molar-refractivity contribution in [2.75, 3.05) is 13.2 Å². The van der Waals surface area contributed by atoms with Crippen LogP contribution in [0.15, 0.2) is 0 Å². The maximum Gasteiger partial charge on any atom is 0.342 e. The van der Waals surface area contributed by atoms with Crippen molar-refractivity contribution in [3.05, 3.63) is 0 Å². The van der Waals surface area contributed by atoms with Gasteiger partial charge >= 0.3 is 11.9 Å². The summed E-state index contributed by atoms with van der Waals surface area (Å²) in [5.41, 5.74) is 0. The molecule has 0 heterocycles. The second-order valence-electron chi connectivity index (χ2n) is 3.14. The molecule has 0 aromatic carbocycles. The third-order valence-electron chi connectivity index (χ3n) is 1.60. The van der Waals surface area contributed by atoms with Crippen LogP contribution in [0.4, 0.5) is 4.39 Å². The molecule has 0 rings (SSSR count). The smallest absolute Gasteiger partial charge is 0.342 e. The van der Waals surface area contributed by atoms with Gasteiger partial charge in [0.15, 0.2) is 4.83 Å². The van der Waals surface area contributed by atoms with Crippen LogP contribution in [-0.4, -0.2) is 36.2 Å². The number of esters is 2. The van der Waals surface area contributed by atoms with Crippen LogP contribution in [0.3, 0.4) is 0 Å². The van der Waals surface area contributed by atoms with Gasteiger partial charge in [0.1, 0.15) is 0 Å². The first kappa shape index (κ1) is 15.3. The fourth-order valence-electron chi connectivity index (χ4n) is 0.803. The van der Waals surface area contributed by atoms with Crippen LogP contribution >= 0.6 is 15.9 Å². The zero-order valence-electron chi connectivity index (χ0n) is 9.37. The van der Waals surface area contributed by atoms with Crippen molar-refractivity contribution in [1.29, 1.82) is 0 Å². The first-order valence-electron chi connectivity index (χ1n) is 5.16. The topological polar surface area (TPSA) is 52.6 Å². The molecule has 0 aliphatic carbocycles. The van der Waals surface area contributed by atoms with Gasteiger partial charge in [0.05, 0.1) is 13.2 Å². The van der Waals surface area contributed by atoms with Crippen LogP contribution in [0.2, 0.25) is 0 Å². The molecule has 0 N–H and O–H groups in total. The highest BCUT2D eigenvalue weighted by atomic mass is 79.9. The molecule has 0 saturated carbocycles. The second kappa shape index (κ2) is 8.50. The number of carbonyl (C=O) groups is 2. The van der Waals surface area contributed by atoms with Crippen molar-refractivity contribution in [2.45, 2.75) is 37.7 Å². The van der Waals surface area contributed by atoms with E-state index >= 15 is 0 Å². The normalized spacial score (nSPS) is 14.0. The van der Waals surface area contributed by atoms with Crippen molar-refractivity contribution >= 4 is 27.9 Å². The Hall–Kier alpha value is -0.650. The van der Waals surface area contributed by atoms with Crippen LogP contribution in [0.1, 0.15) is 26.7 Å². The minimum Gasteiger partial charge on any atom is -0.465 e. The quantitative estimate of drug-likeness (QED) is 0.533. The van der Waals surface area contributed by atoms with E-state index in [1.54, 1.807) is 6.92 Å². The summed E-state index contributed by atoms with van der Waals surface area (Å²) >= 11 is 2.78. The molecule has 0 aromatic rings. The molecule has 0 amide bonds. The van der Waals surface area contributed by atoms with E-state index in [9.17, 15) is 14.0 Å². The molecule has 4 nitrogen and oxygen atoms in total. The third kappa shape index (κ3) is 5.44. The van der Waals surface area contributed by atoms with Crippen LogP contribution in [0, 0.1) is 0 Å². The number of halogens is 2. The van der Waals surface area contributed by atoms with Gasteiger partial charge < -0.3 is 9.47 Å². The number of alkyl halides is 2. The summed E-state index contributed by atoms with van der Waals surface area (Å²) in [6.07, 6.45) is -0.787. The molecular weight excluding hydrogens is 283 g/mol. The Bertz CT molecular complexity index is 211. The Morgan fingerprint density at radius 2 is 1.56 bits per heavy atom. The van der Waals surface area contributed by atoms with Crippen LogP contribution in [-0.2, 0) is 19.1 Å². The van der Waals surface area contributed by atoms with Gasteiger partial charge in [0, 0.05) is 0 Å². The minimum atomic E-state index is -2.03. The highest BCUT2D eigenvalue weighted by Gasteiger charge is 2.34. The summed E-state index contributed by atoms with van der Waals surface area (Å²) in [5.74, 6) is -1.83. The minimum absolute atomic E-state index is 0.142. The lowest BCUT2D eigenvalue weighted by molar-refractivity contribution is -0.155. The van der Waals surface area contributed by atoms with E-state index in [0.717, 1.165) is 0 Å². The monoisotopic (exact) mass is 298 g/mol. The van der Waals surface area contributed by atoms with Gasteiger partial charge in [-0.3, -0.25) is 4.79 Å². The number of rotatable bonds is 7. The van der Waals surface area contributed by atoms with E-state index in [4.69, 9.17) is 4.74 Å². The van der Waals surface area contributed by atoms with Gasteiger partial charge in [-0.2, -0.15) is 0 Å². The molecule has 0 saturated heterocycles. The fourth-order valence-corrected chi connectivity index (χ4v) is 1.15. The van der Waals surface area contributed by atoms with Gasteiger partial charge in [0.2, 0.25) is 6.17 Å². The molecule has 0 aliphatic rings. The first-order chi connectivity index (χ1) is 7.54. The van der Waals surface area contributed by atoms with Gasteiger partial charge in [-0.1, -0.05) is 29.8 Å². The Labute approximate surface area is 103 Å². The second-order valence-corrected chi connectivity index (χ2v) is 4.13. The maximum absolute atomic E-state index is 13.4. The molecule has 0 radical (unpaired) electrons. The van der Waals surface area contributed by atoms with E-state index in [1.807, 2.05) is 6.92 Å². The van der Waals surface area contributed by atoms with Crippen LogP contribution in [0.25, 0.3) is 0 Å². The van der Waals surface area contributed by atoms with Gasteiger partial charge in [0.25, 0.3) is 0 Å². The summed E-state index contributed by atoms with van der Waals surface area (Å²) in [6, 6.07) is 0. The third-order valence-corrected chi connectivity index (χ3v) is 2.44. The van der Waals surface area contributed by atoms with Crippen molar-refractivity contribution in [3.8, 4) is 0 Å². The maximum atomic E-state index is 13.4. The average molecular weight is 299 g/mol. The molecule has 0 aromatic heterocycles. The largest absolute Gasteiger partial charge is 0.465 e. The summed E-state index contributed by atoms with van der Waals surface area (Å²) in [7, 11) is 0. The van der Waals surface area contributed by atoms with Crippen molar-refractivity contribution < 1.29 is 23.5 Å². The summed E-state index contributed by atoms with van der Waals surface area (Å²) < 4.78 is 22.6. The van der Waals surface area contributed by atoms with Crippen LogP contribution < -0.4 is 0 Å². The predicted octanol–water partition coefficient (Wildman–Crippen LogP) is 1.99. The molecule has 2 atom stereocenters. The summed E-state index contributed by atoms with van der Waals surface area (Å²) in [4.78, 5) is 21.0. The molecular formula is C10H16BrFO4. The van der Waals surface area contributed by atoms with E-state index in [1.165, 1.54) is 0 Å². The molecule has 0 aliphatic heterocycles. The number of hydrogen-bond acceptors (Lipinski definition) is 4. The highest BCUT2D eigenvalue weighted by Crippen LogP contribution is 2.13. The van der Waals surface area contributed by atoms with E-state index in [-0.39, 0.29) is 13.2 Å². The number of carbonyl (C=O) groups excluding carboxylic acids is 2. The standard InChI is InChI=1S/C10H16BrFO4/c1-3-5-15-9(13)7(11)8(12)10(14)16-6-4-2/h7-8H,3-6H2,1-2H3/t7-,8+/m1/s1. The average Bonchev–Trinajstić information content (AvgIpc) is 2.30. The summed E-state index contributed by atoms with van der Waals surface area (Å²) in [5, 5.41) is 0. The van der Waals surface area contributed by atoms with E-state index in [2.05, 4.69) is 20.7 Å². The van der Waals surface area contributed by atoms with E-state index in [0.29, 0.717) is 12.8 Å². The van der Waals surface area contributed by atoms with E-state index < -0.39 is 22.9 Å². The Morgan fingerprint density at radius 3 is 2.00 bits per heavy atom. The molecule has 0 fully saturated rings. The lowest BCUT2D eigenvalue weighted by Gasteiger charge is -2.13. The Balaban J connectivity index is 4.09. The number of ether oxygens (including phenoxy) is 2. The molecule has 94 valence electrons. The van der Waals surface area contributed by atoms with Crippen molar-refractivity contribution in [3.63, 3.8) is 0 Å². The Kier molecular flexibility index (Phi) is 8.15. The van der Waals surface area contributed by atoms with Crippen molar-refractivity contribution in [2.24, 2.45) is 0 Å². The highest BCUT2D eigenvalue weighted by molar-refractivity contribution is 9.10. The lowest BCUT2D eigenvalue weighted by Crippen LogP contribution is -2.35. The SMILES string of the molecule is CCCOC(=O)[C@@H](F)[C@@H](Br)C(=O)OCCC. The molecule has 16 heavy (non-hydrogen) atoms. The van der Waals surface area contributed by atoms with Crippen molar-refractivity contribution in [1.82, 2.24) is 0 Å². The fraction of sp³-hybridized carbons (Fsp3) is 0.800. The Morgan fingerprint density at radius 1 is 1.12 bits per heavy atom. The lowest BCUT2D eigenvalue weighted by atomic mass is 10.3. The van der Waals surface area contributed by atoms with Gasteiger partial charge in [-0.25, -0.2) is 9.18 Å². The van der Waals surface area contributed by atoms with Gasteiger partial charge in [-0.15, -0.1) is 0 Å². The molecule has 6 heteroatoms. The predicted molar refractivity (Wildman–Crippen MR) is 60.1 cm³/mol. The van der Waals surface area contributed by atoms with Gasteiger partial charge in [-0.05, 0) is 12.8 Å². The summed E-state index contributed by atoms with van der Waals surface area (Å²) in [6.45, 7) is 3.96. The zero-order valence-corrected chi connectivity index (χ0v) is 11.0. The molecule has 0 unspecified atom stereocenters. The zero-order chi connectivity index (χ0) is 12.6. The van der Waals surface area contributed by atoms with Crippen LogP contribution in [0.5, 0.6) is 0 Å².